The molecule has 6 nitrogen and oxygen atoms in total. The van der Waals surface area contributed by atoms with Crippen molar-refractivity contribution in [2.75, 3.05) is 5.32 Å². The Morgan fingerprint density at radius 2 is 1.74 bits per heavy atom. The number of hydrogen-bond donors (Lipinski definition) is 2. The highest BCUT2D eigenvalue weighted by atomic mass is 16.6. The van der Waals surface area contributed by atoms with Crippen molar-refractivity contribution in [3.8, 4) is 5.75 Å². The maximum absolute atomic E-state index is 11.8. The van der Waals surface area contributed by atoms with E-state index < -0.39 is 4.92 Å². The van der Waals surface area contributed by atoms with Crippen LogP contribution in [0.4, 0.5) is 11.4 Å². The van der Waals surface area contributed by atoms with Crippen LogP contribution in [0, 0.1) is 10.1 Å². The molecule has 1 amide bonds. The lowest BCUT2D eigenvalue weighted by Crippen LogP contribution is -2.11. The van der Waals surface area contributed by atoms with E-state index in [0.29, 0.717) is 6.42 Å². The van der Waals surface area contributed by atoms with Gasteiger partial charge in [0.1, 0.15) is 5.75 Å². The summed E-state index contributed by atoms with van der Waals surface area (Å²) >= 11 is 0. The SMILES string of the molecule is CCCCCCCCCCC(=O)Nc1cc([N+](=O)[O-])ccc1O. The zero-order chi connectivity index (χ0) is 17.1. The van der Waals surface area contributed by atoms with Gasteiger partial charge in [0.05, 0.1) is 10.6 Å². The van der Waals surface area contributed by atoms with E-state index in [2.05, 4.69) is 12.2 Å². The number of nitro benzene ring substituents is 1. The maximum atomic E-state index is 11.8. The molecule has 0 unspecified atom stereocenters. The monoisotopic (exact) mass is 322 g/mol. The molecule has 0 aliphatic rings. The normalized spacial score (nSPS) is 10.5. The van der Waals surface area contributed by atoms with E-state index in [1.165, 1.54) is 50.3 Å². The average molecular weight is 322 g/mol. The number of carbonyl (C=O) groups excluding carboxylic acids is 1. The molecule has 0 bridgehead atoms. The summed E-state index contributed by atoms with van der Waals surface area (Å²) in [6.45, 7) is 2.19. The van der Waals surface area contributed by atoms with Crippen LogP contribution in [0.5, 0.6) is 5.75 Å². The summed E-state index contributed by atoms with van der Waals surface area (Å²) < 4.78 is 0. The van der Waals surface area contributed by atoms with Crippen LogP contribution in [0.25, 0.3) is 0 Å². The molecule has 6 heteroatoms. The van der Waals surface area contributed by atoms with Gasteiger partial charge in [-0.3, -0.25) is 14.9 Å². The third-order valence-electron chi connectivity index (χ3n) is 3.72. The van der Waals surface area contributed by atoms with Crippen LogP contribution >= 0.6 is 0 Å². The number of benzene rings is 1. The number of nitrogens with one attached hydrogen (secondary N) is 1. The van der Waals surface area contributed by atoms with E-state index in [-0.39, 0.29) is 23.0 Å². The van der Waals surface area contributed by atoms with Crippen molar-refractivity contribution in [1.29, 1.82) is 0 Å². The minimum absolute atomic E-state index is 0.0868. The first-order valence-corrected chi connectivity index (χ1v) is 8.32. The van der Waals surface area contributed by atoms with Gasteiger partial charge in [-0.2, -0.15) is 0 Å². The topological polar surface area (TPSA) is 92.5 Å². The molecule has 0 spiro atoms. The predicted octanol–water partition coefficient (Wildman–Crippen LogP) is 4.77. The van der Waals surface area contributed by atoms with E-state index in [1.807, 2.05) is 0 Å². The number of nitro groups is 1. The predicted molar refractivity (Wildman–Crippen MR) is 90.6 cm³/mol. The van der Waals surface area contributed by atoms with E-state index in [9.17, 15) is 20.0 Å². The minimum atomic E-state index is -0.562. The number of non-ortho nitro benzene ring substituents is 1. The Kier molecular flexibility index (Phi) is 8.72. The van der Waals surface area contributed by atoms with E-state index in [1.54, 1.807) is 0 Å². The quantitative estimate of drug-likeness (QED) is 0.265. The van der Waals surface area contributed by atoms with Gasteiger partial charge in [-0.15, -0.1) is 0 Å². The van der Waals surface area contributed by atoms with Gasteiger partial charge in [0, 0.05) is 18.6 Å². The number of anilines is 1. The summed E-state index contributed by atoms with van der Waals surface area (Å²) in [5.41, 5.74) is -0.0751. The van der Waals surface area contributed by atoms with Crippen LogP contribution in [-0.2, 0) is 4.79 Å². The number of carbonyl (C=O) groups is 1. The van der Waals surface area contributed by atoms with Gasteiger partial charge < -0.3 is 10.4 Å². The lowest BCUT2D eigenvalue weighted by Gasteiger charge is -2.07. The summed E-state index contributed by atoms with van der Waals surface area (Å²) in [5.74, 6) is -0.397. The lowest BCUT2D eigenvalue weighted by molar-refractivity contribution is -0.384. The second-order valence-corrected chi connectivity index (χ2v) is 5.73. The molecule has 1 rings (SSSR count). The van der Waals surface area contributed by atoms with Crippen molar-refractivity contribution < 1.29 is 14.8 Å². The van der Waals surface area contributed by atoms with Crippen LogP contribution in [0.1, 0.15) is 64.7 Å². The molecule has 128 valence electrons. The van der Waals surface area contributed by atoms with Crippen LogP contribution in [-0.4, -0.2) is 15.9 Å². The summed E-state index contributed by atoms with van der Waals surface area (Å²) in [7, 11) is 0. The Morgan fingerprint density at radius 1 is 1.13 bits per heavy atom. The average Bonchev–Trinajstić information content (AvgIpc) is 2.52. The number of phenols is 1. The van der Waals surface area contributed by atoms with Gasteiger partial charge >= 0.3 is 0 Å². The van der Waals surface area contributed by atoms with E-state index in [4.69, 9.17) is 0 Å². The maximum Gasteiger partial charge on any atom is 0.271 e. The molecule has 1 aromatic rings. The molecule has 0 aliphatic carbocycles. The fraction of sp³-hybridized carbons (Fsp3) is 0.588. The second kappa shape index (κ2) is 10.6. The van der Waals surface area contributed by atoms with E-state index >= 15 is 0 Å². The molecule has 0 fully saturated rings. The van der Waals surface area contributed by atoms with Crippen molar-refractivity contribution >= 4 is 17.3 Å². The van der Waals surface area contributed by atoms with Crippen LogP contribution in [0.2, 0.25) is 0 Å². The van der Waals surface area contributed by atoms with Crippen molar-refractivity contribution in [3.05, 3.63) is 28.3 Å². The molecule has 1 aromatic carbocycles. The first kappa shape index (κ1) is 18.9. The first-order valence-electron chi connectivity index (χ1n) is 8.32. The standard InChI is InChI=1S/C17H26N2O4/c1-2-3-4-5-6-7-8-9-10-17(21)18-15-13-14(19(22)23)11-12-16(15)20/h11-13,20H,2-10H2,1H3,(H,18,21). The van der Waals surface area contributed by atoms with Crippen LogP contribution < -0.4 is 5.32 Å². The van der Waals surface area contributed by atoms with Gasteiger partial charge in [0.15, 0.2) is 0 Å². The summed E-state index contributed by atoms with van der Waals surface area (Å²) in [4.78, 5) is 22.0. The fourth-order valence-corrected chi connectivity index (χ4v) is 2.37. The highest BCUT2D eigenvalue weighted by Crippen LogP contribution is 2.28. The third-order valence-corrected chi connectivity index (χ3v) is 3.72. The van der Waals surface area contributed by atoms with E-state index in [0.717, 1.165) is 19.3 Å². The minimum Gasteiger partial charge on any atom is -0.506 e. The second-order valence-electron chi connectivity index (χ2n) is 5.73. The first-order chi connectivity index (χ1) is 11.0. The third kappa shape index (κ3) is 7.63. The number of aromatic hydroxyl groups is 1. The van der Waals surface area contributed by atoms with Crippen molar-refractivity contribution in [2.24, 2.45) is 0 Å². The molecular formula is C17H26N2O4. The van der Waals surface area contributed by atoms with Crippen LogP contribution in [0.3, 0.4) is 0 Å². The molecule has 0 atom stereocenters. The zero-order valence-electron chi connectivity index (χ0n) is 13.7. The van der Waals surface area contributed by atoms with Gasteiger partial charge in [-0.05, 0) is 12.5 Å². The fourth-order valence-electron chi connectivity index (χ4n) is 2.37. The number of nitrogens with zero attached hydrogens (tertiary/aromatic N) is 1. The molecule has 0 aliphatic heterocycles. The molecule has 0 radical (unpaired) electrons. The number of amides is 1. The largest absolute Gasteiger partial charge is 0.506 e. The van der Waals surface area contributed by atoms with Crippen molar-refractivity contribution in [3.63, 3.8) is 0 Å². The Bertz CT molecular complexity index is 517. The van der Waals surface area contributed by atoms with Gasteiger partial charge in [0.25, 0.3) is 5.69 Å². The van der Waals surface area contributed by atoms with Crippen LogP contribution in [0.15, 0.2) is 18.2 Å². The Hall–Kier alpha value is -2.11. The summed E-state index contributed by atoms with van der Waals surface area (Å²) in [6.07, 6.45) is 9.53. The molecular weight excluding hydrogens is 296 g/mol. The number of unbranched alkanes of at least 4 members (excludes halogenated alkanes) is 7. The van der Waals surface area contributed by atoms with Gasteiger partial charge in [-0.25, -0.2) is 0 Å². The molecule has 0 saturated carbocycles. The molecule has 0 heterocycles. The number of rotatable bonds is 11. The number of hydrogen-bond acceptors (Lipinski definition) is 4. The molecule has 23 heavy (non-hydrogen) atoms. The molecule has 0 aromatic heterocycles. The highest BCUT2D eigenvalue weighted by Gasteiger charge is 2.12. The van der Waals surface area contributed by atoms with Crippen molar-refractivity contribution in [2.45, 2.75) is 64.7 Å². The highest BCUT2D eigenvalue weighted by molar-refractivity contribution is 5.92. The molecule has 0 saturated heterocycles. The Labute approximate surface area is 137 Å². The van der Waals surface area contributed by atoms with Crippen molar-refractivity contribution in [1.82, 2.24) is 0 Å². The summed E-state index contributed by atoms with van der Waals surface area (Å²) in [5, 5.41) is 22.9. The summed E-state index contributed by atoms with van der Waals surface area (Å²) in [6, 6.07) is 3.58. The Balaban J connectivity index is 2.26. The molecule has 2 N–H and O–H groups in total. The van der Waals surface area contributed by atoms with Gasteiger partial charge in [0.2, 0.25) is 5.91 Å². The zero-order valence-corrected chi connectivity index (χ0v) is 13.7. The lowest BCUT2D eigenvalue weighted by atomic mass is 10.1. The smallest absolute Gasteiger partial charge is 0.271 e. The van der Waals surface area contributed by atoms with Gasteiger partial charge in [-0.1, -0.05) is 51.9 Å². The number of phenolic OH excluding ortho intramolecular Hbond substituents is 1. The Morgan fingerprint density at radius 3 is 2.35 bits per heavy atom.